The zero-order valence-electron chi connectivity index (χ0n) is 17.3. The first-order valence-electron chi connectivity index (χ1n) is 9.79. The lowest BCUT2D eigenvalue weighted by molar-refractivity contribution is -0.119. The van der Waals surface area contributed by atoms with Crippen molar-refractivity contribution in [1.82, 2.24) is 29.9 Å². The van der Waals surface area contributed by atoms with Gasteiger partial charge in [0.1, 0.15) is 19.3 Å². The summed E-state index contributed by atoms with van der Waals surface area (Å²) >= 11 is 0. The average molecular weight is 431 g/mol. The van der Waals surface area contributed by atoms with Crippen LogP contribution in [0.3, 0.4) is 0 Å². The monoisotopic (exact) mass is 431 g/mol. The Morgan fingerprint density at radius 1 is 1.03 bits per heavy atom. The molecule has 0 atom stereocenters. The number of carbonyl (C=O) groups excluding carboxylic acids is 2. The number of hydrogen-bond acceptors (Lipinski definition) is 6. The summed E-state index contributed by atoms with van der Waals surface area (Å²) in [7, 11) is 1.45. The molecule has 0 aliphatic heterocycles. The minimum atomic E-state index is -0.260. The van der Waals surface area contributed by atoms with Crippen LogP contribution in [0.25, 0.3) is 11.4 Å². The summed E-state index contributed by atoms with van der Waals surface area (Å²) in [5, 5.41) is 14.0. The minimum absolute atomic E-state index is 0.0295. The molecule has 4 rings (SSSR count). The van der Waals surface area contributed by atoms with Gasteiger partial charge in [-0.2, -0.15) is 10.2 Å². The van der Waals surface area contributed by atoms with Crippen molar-refractivity contribution in [3.8, 4) is 11.4 Å². The molecule has 0 bridgehead atoms. The highest BCUT2D eigenvalue weighted by Gasteiger charge is 2.10. The number of aromatic nitrogens is 5. The number of ether oxygens (including phenoxy) is 1. The summed E-state index contributed by atoms with van der Waals surface area (Å²) in [6, 6.07) is 14.7. The van der Waals surface area contributed by atoms with Gasteiger partial charge in [-0.25, -0.2) is 14.3 Å². The van der Waals surface area contributed by atoms with Crippen molar-refractivity contribution in [2.75, 3.05) is 19.0 Å². The lowest BCUT2D eigenvalue weighted by atomic mass is 10.1. The van der Waals surface area contributed by atoms with E-state index in [-0.39, 0.29) is 18.4 Å². The van der Waals surface area contributed by atoms with Crippen LogP contribution in [0.2, 0.25) is 0 Å². The van der Waals surface area contributed by atoms with Crippen LogP contribution >= 0.6 is 0 Å². The summed E-state index contributed by atoms with van der Waals surface area (Å²) in [6.07, 6.45) is 6.31. The standard InChI is InChI=1S/C22H21N7O3/c1-32-13-21(30)27-18-11-25-28(12-18)19-8-6-16(7-9-19)22(31)24-10-17-4-2-3-5-20(17)29-15-23-14-26-29/h2-9,11-12,14-15H,10,13H2,1H3,(H,24,31)(H,27,30). The van der Waals surface area contributed by atoms with Gasteiger partial charge in [0.15, 0.2) is 0 Å². The molecule has 162 valence electrons. The molecule has 0 aliphatic carbocycles. The van der Waals surface area contributed by atoms with E-state index in [1.54, 1.807) is 52.4 Å². The van der Waals surface area contributed by atoms with Crippen LogP contribution in [-0.4, -0.2) is 50.1 Å². The fraction of sp³-hybridized carbons (Fsp3) is 0.136. The molecule has 4 aromatic rings. The Bertz CT molecular complexity index is 1200. The minimum Gasteiger partial charge on any atom is -0.375 e. The first-order valence-corrected chi connectivity index (χ1v) is 9.79. The summed E-state index contributed by atoms with van der Waals surface area (Å²) < 4.78 is 8.06. The molecule has 32 heavy (non-hydrogen) atoms. The van der Waals surface area contributed by atoms with Crippen molar-refractivity contribution in [2.45, 2.75) is 6.54 Å². The predicted octanol–water partition coefficient (Wildman–Crippen LogP) is 1.97. The van der Waals surface area contributed by atoms with E-state index in [0.717, 1.165) is 16.9 Å². The molecule has 0 fully saturated rings. The number of amides is 2. The van der Waals surface area contributed by atoms with Crippen molar-refractivity contribution in [1.29, 1.82) is 0 Å². The van der Waals surface area contributed by atoms with Crippen molar-refractivity contribution in [3.63, 3.8) is 0 Å². The second kappa shape index (κ2) is 9.67. The van der Waals surface area contributed by atoms with E-state index < -0.39 is 0 Å². The molecule has 2 N–H and O–H groups in total. The van der Waals surface area contributed by atoms with Gasteiger partial charge in [0.25, 0.3) is 5.91 Å². The summed E-state index contributed by atoms with van der Waals surface area (Å²) in [4.78, 5) is 28.2. The maximum absolute atomic E-state index is 12.6. The molecular formula is C22H21N7O3. The topological polar surface area (TPSA) is 116 Å². The lowest BCUT2D eigenvalue weighted by Gasteiger charge is -2.10. The van der Waals surface area contributed by atoms with E-state index in [9.17, 15) is 9.59 Å². The van der Waals surface area contributed by atoms with Crippen molar-refractivity contribution < 1.29 is 14.3 Å². The Hall–Kier alpha value is -4.31. The number of hydrogen-bond donors (Lipinski definition) is 2. The second-order valence-electron chi connectivity index (χ2n) is 6.85. The first kappa shape index (κ1) is 20.9. The van der Waals surface area contributed by atoms with Gasteiger partial charge in [0.2, 0.25) is 5.91 Å². The molecular weight excluding hydrogens is 410 g/mol. The van der Waals surface area contributed by atoms with E-state index in [1.807, 2.05) is 24.3 Å². The number of nitrogens with one attached hydrogen (secondary N) is 2. The van der Waals surface area contributed by atoms with Crippen molar-refractivity contribution in [2.24, 2.45) is 0 Å². The molecule has 0 aliphatic rings. The lowest BCUT2D eigenvalue weighted by Crippen LogP contribution is -2.23. The van der Waals surface area contributed by atoms with Crippen LogP contribution in [0.1, 0.15) is 15.9 Å². The molecule has 0 spiro atoms. The third kappa shape index (κ3) is 4.87. The van der Waals surface area contributed by atoms with Crippen LogP contribution < -0.4 is 10.6 Å². The van der Waals surface area contributed by atoms with Crippen LogP contribution in [0, 0.1) is 0 Å². The van der Waals surface area contributed by atoms with Crippen molar-refractivity contribution >= 4 is 17.5 Å². The normalized spacial score (nSPS) is 10.7. The van der Waals surface area contributed by atoms with Gasteiger partial charge >= 0.3 is 0 Å². The number of anilines is 1. The third-order valence-corrected chi connectivity index (χ3v) is 4.63. The summed E-state index contributed by atoms with van der Waals surface area (Å²) in [6.45, 7) is 0.318. The smallest absolute Gasteiger partial charge is 0.251 e. The fourth-order valence-electron chi connectivity index (χ4n) is 3.12. The molecule has 0 saturated heterocycles. The molecule has 2 amide bonds. The Kier molecular flexibility index (Phi) is 6.33. The van der Waals surface area contributed by atoms with Crippen LogP contribution in [0.4, 0.5) is 5.69 Å². The molecule has 2 heterocycles. The first-order chi connectivity index (χ1) is 15.6. The van der Waals surface area contributed by atoms with Gasteiger partial charge in [-0.05, 0) is 35.9 Å². The second-order valence-corrected chi connectivity index (χ2v) is 6.85. The highest BCUT2D eigenvalue weighted by atomic mass is 16.5. The zero-order chi connectivity index (χ0) is 22.3. The third-order valence-electron chi connectivity index (χ3n) is 4.63. The highest BCUT2D eigenvalue weighted by Crippen LogP contribution is 2.15. The molecule has 2 aromatic carbocycles. The molecule has 10 heteroatoms. The Morgan fingerprint density at radius 3 is 2.59 bits per heavy atom. The van der Waals surface area contributed by atoms with Gasteiger partial charge in [-0.1, -0.05) is 18.2 Å². The summed E-state index contributed by atoms with van der Waals surface area (Å²) in [5.41, 5.74) is 3.60. The van der Waals surface area contributed by atoms with Gasteiger partial charge in [-0.15, -0.1) is 0 Å². The highest BCUT2D eigenvalue weighted by molar-refractivity contribution is 5.94. The van der Waals surface area contributed by atoms with Crippen LogP contribution in [-0.2, 0) is 16.1 Å². The largest absolute Gasteiger partial charge is 0.375 e. The Morgan fingerprint density at radius 2 is 1.84 bits per heavy atom. The van der Waals surface area contributed by atoms with E-state index >= 15 is 0 Å². The molecule has 0 radical (unpaired) electrons. The van der Waals surface area contributed by atoms with Crippen LogP contribution in [0.15, 0.2) is 73.6 Å². The number of methoxy groups -OCH3 is 1. The van der Waals surface area contributed by atoms with E-state index in [4.69, 9.17) is 4.74 Å². The average Bonchev–Trinajstić information content (AvgIpc) is 3.50. The Balaban J connectivity index is 1.39. The maximum atomic E-state index is 12.6. The number of para-hydroxylation sites is 1. The number of benzene rings is 2. The molecule has 2 aromatic heterocycles. The van der Waals surface area contributed by atoms with Gasteiger partial charge in [0, 0.05) is 19.2 Å². The van der Waals surface area contributed by atoms with Gasteiger partial charge in [-0.3, -0.25) is 9.59 Å². The van der Waals surface area contributed by atoms with E-state index in [2.05, 4.69) is 25.8 Å². The summed E-state index contributed by atoms with van der Waals surface area (Å²) in [5.74, 6) is -0.456. The molecule has 0 unspecified atom stereocenters. The van der Waals surface area contributed by atoms with E-state index in [0.29, 0.717) is 17.8 Å². The molecule has 10 nitrogen and oxygen atoms in total. The van der Waals surface area contributed by atoms with Gasteiger partial charge < -0.3 is 15.4 Å². The zero-order valence-corrected chi connectivity index (χ0v) is 17.3. The maximum Gasteiger partial charge on any atom is 0.251 e. The SMILES string of the molecule is COCC(=O)Nc1cnn(-c2ccc(C(=O)NCc3ccccc3-n3cncn3)cc2)c1. The quantitative estimate of drug-likeness (QED) is 0.441. The van der Waals surface area contributed by atoms with Crippen molar-refractivity contribution in [3.05, 3.63) is 84.7 Å². The predicted molar refractivity (Wildman–Crippen MR) is 117 cm³/mol. The Labute approximate surface area is 183 Å². The number of carbonyl (C=O) groups is 2. The molecule has 0 saturated carbocycles. The number of rotatable bonds is 8. The van der Waals surface area contributed by atoms with Gasteiger partial charge in [0.05, 0.1) is 29.5 Å². The number of nitrogens with zero attached hydrogens (tertiary/aromatic N) is 5. The van der Waals surface area contributed by atoms with E-state index in [1.165, 1.54) is 13.4 Å². The fourth-order valence-corrected chi connectivity index (χ4v) is 3.12. The van der Waals surface area contributed by atoms with Crippen LogP contribution in [0.5, 0.6) is 0 Å².